The van der Waals surface area contributed by atoms with Crippen molar-refractivity contribution in [2.45, 2.75) is 6.61 Å². The van der Waals surface area contributed by atoms with Crippen LogP contribution in [0.15, 0.2) is 35.7 Å². The van der Waals surface area contributed by atoms with E-state index < -0.39 is 0 Å². The molecule has 1 aromatic heterocycles. The summed E-state index contributed by atoms with van der Waals surface area (Å²) < 4.78 is 5.66. The van der Waals surface area contributed by atoms with Crippen molar-refractivity contribution in [2.24, 2.45) is 0 Å². The van der Waals surface area contributed by atoms with Gasteiger partial charge in [0.2, 0.25) is 0 Å². The fourth-order valence-corrected chi connectivity index (χ4v) is 2.25. The second-order valence-corrected chi connectivity index (χ2v) is 4.62. The first-order valence-corrected chi connectivity index (χ1v) is 6.18. The molecule has 0 atom stereocenters. The Kier molecular flexibility index (Phi) is 3.70. The molecule has 0 saturated heterocycles. The second kappa shape index (κ2) is 5.23. The molecule has 16 heavy (non-hydrogen) atoms. The number of hydrogen-bond acceptors (Lipinski definition) is 3. The Labute approximate surface area is 104 Å². The molecular weight excluding hydrogens is 242 g/mol. The van der Waals surface area contributed by atoms with Crippen LogP contribution in [0.25, 0.3) is 0 Å². The molecule has 2 rings (SSSR count). The van der Waals surface area contributed by atoms with Gasteiger partial charge >= 0.3 is 0 Å². The molecule has 0 radical (unpaired) electrons. The van der Waals surface area contributed by atoms with Gasteiger partial charge in [0.1, 0.15) is 12.4 Å². The van der Waals surface area contributed by atoms with E-state index in [0.29, 0.717) is 6.61 Å². The maximum atomic E-state index is 5.80. The molecule has 0 aliphatic heterocycles. The molecule has 84 valence electrons. The first kappa shape index (κ1) is 11.3. The number of rotatable bonds is 4. The highest BCUT2D eigenvalue weighted by Gasteiger charge is 2.03. The standard InChI is InChI=1S/C12H12ClNOS/c1-14-12-9(6-7-16-12)8-15-11-4-2-10(13)3-5-11/h2-7,14H,8H2,1H3. The van der Waals surface area contributed by atoms with Gasteiger partial charge in [-0.3, -0.25) is 0 Å². The van der Waals surface area contributed by atoms with E-state index in [0.717, 1.165) is 15.8 Å². The van der Waals surface area contributed by atoms with Crippen LogP contribution < -0.4 is 10.1 Å². The van der Waals surface area contributed by atoms with Crippen LogP contribution in [0.2, 0.25) is 5.02 Å². The first-order valence-electron chi connectivity index (χ1n) is 4.92. The van der Waals surface area contributed by atoms with Crippen molar-refractivity contribution in [3.05, 3.63) is 46.3 Å². The maximum Gasteiger partial charge on any atom is 0.119 e. The Bertz CT molecular complexity index is 452. The van der Waals surface area contributed by atoms with Crippen LogP contribution in [0.5, 0.6) is 5.75 Å². The van der Waals surface area contributed by atoms with E-state index in [4.69, 9.17) is 16.3 Å². The fourth-order valence-electron chi connectivity index (χ4n) is 1.36. The van der Waals surface area contributed by atoms with Crippen LogP contribution >= 0.6 is 22.9 Å². The molecule has 0 aliphatic carbocycles. The average Bonchev–Trinajstić information content (AvgIpc) is 2.76. The van der Waals surface area contributed by atoms with E-state index in [9.17, 15) is 0 Å². The monoisotopic (exact) mass is 253 g/mol. The summed E-state index contributed by atoms with van der Waals surface area (Å²) in [6, 6.07) is 9.45. The van der Waals surface area contributed by atoms with Crippen molar-refractivity contribution in [1.82, 2.24) is 0 Å². The van der Waals surface area contributed by atoms with Gasteiger partial charge in [-0.05, 0) is 35.7 Å². The predicted octanol–water partition coefficient (Wildman–Crippen LogP) is 4.02. The minimum atomic E-state index is 0.571. The van der Waals surface area contributed by atoms with E-state index in [1.807, 2.05) is 36.7 Å². The number of hydrogen-bond donors (Lipinski definition) is 1. The highest BCUT2D eigenvalue weighted by Crippen LogP contribution is 2.24. The van der Waals surface area contributed by atoms with Gasteiger partial charge < -0.3 is 10.1 Å². The fraction of sp³-hybridized carbons (Fsp3) is 0.167. The third-order valence-electron chi connectivity index (χ3n) is 2.18. The van der Waals surface area contributed by atoms with E-state index in [2.05, 4.69) is 11.4 Å². The smallest absolute Gasteiger partial charge is 0.119 e. The van der Waals surface area contributed by atoms with Gasteiger partial charge in [0.15, 0.2) is 0 Å². The normalized spacial score (nSPS) is 10.1. The SMILES string of the molecule is CNc1sccc1COc1ccc(Cl)cc1. The lowest BCUT2D eigenvalue weighted by atomic mass is 10.3. The summed E-state index contributed by atoms with van der Waals surface area (Å²) in [5.74, 6) is 0.831. The van der Waals surface area contributed by atoms with Crippen LogP contribution in [0, 0.1) is 0 Å². The molecule has 1 heterocycles. The molecule has 0 spiro atoms. The lowest BCUT2D eigenvalue weighted by Crippen LogP contribution is -1.97. The van der Waals surface area contributed by atoms with Gasteiger partial charge in [-0.15, -0.1) is 11.3 Å². The summed E-state index contributed by atoms with van der Waals surface area (Å²) >= 11 is 7.47. The predicted molar refractivity (Wildman–Crippen MR) is 69.6 cm³/mol. The number of benzene rings is 1. The Morgan fingerprint density at radius 1 is 1.25 bits per heavy atom. The molecule has 4 heteroatoms. The molecule has 1 N–H and O–H groups in total. The van der Waals surface area contributed by atoms with Crippen molar-refractivity contribution in [3.63, 3.8) is 0 Å². The number of nitrogens with one attached hydrogen (secondary N) is 1. The number of anilines is 1. The van der Waals surface area contributed by atoms with Crippen molar-refractivity contribution < 1.29 is 4.74 Å². The summed E-state index contributed by atoms with van der Waals surface area (Å²) in [6.45, 7) is 0.571. The Morgan fingerprint density at radius 2 is 2.00 bits per heavy atom. The molecule has 0 unspecified atom stereocenters. The molecule has 2 aromatic rings. The molecule has 0 amide bonds. The van der Waals surface area contributed by atoms with Gasteiger partial charge in [-0.1, -0.05) is 11.6 Å². The van der Waals surface area contributed by atoms with E-state index in [1.54, 1.807) is 11.3 Å². The molecule has 0 fully saturated rings. The van der Waals surface area contributed by atoms with E-state index in [-0.39, 0.29) is 0 Å². The number of halogens is 1. The Hall–Kier alpha value is -1.19. The summed E-state index contributed by atoms with van der Waals surface area (Å²) in [6.07, 6.45) is 0. The Balaban J connectivity index is 1.99. The summed E-state index contributed by atoms with van der Waals surface area (Å²) in [5, 5.41) is 7.05. The van der Waals surface area contributed by atoms with E-state index >= 15 is 0 Å². The van der Waals surface area contributed by atoms with Crippen LogP contribution in [0.1, 0.15) is 5.56 Å². The highest BCUT2D eigenvalue weighted by atomic mass is 35.5. The third kappa shape index (κ3) is 2.68. The van der Waals surface area contributed by atoms with Crippen molar-refractivity contribution in [3.8, 4) is 5.75 Å². The van der Waals surface area contributed by atoms with Gasteiger partial charge in [0, 0.05) is 17.6 Å². The number of ether oxygens (including phenoxy) is 1. The van der Waals surface area contributed by atoms with Gasteiger partial charge in [-0.2, -0.15) is 0 Å². The van der Waals surface area contributed by atoms with Gasteiger partial charge in [-0.25, -0.2) is 0 Å². The summed E-state index contributed by atoms with van der Waals surface area (Å²) in [4.78, 5) is 0. The topological polar surface area (TPSA) is 21.3 Å². The molecule has 0 bridgehead atoms. The average molecular weight is 254 g/mol. The quantitative estimate of drug-likeness (QED) is 0.889. The van der Waals surface area contributed by atoms with Crippen molar-refractivity contribution >= 4 is 27.9 Å². The highest BCUT2D eigenvalue weighted by molar-refractivity contribution is 7.14. The van der Waals surface area contributed by atoms with Crippen LogP contribution in [-0.4, -0.2) is 7.05 Å². The second-order valence-electron chi connectivity index (χ2n) is 3.27. The molecule has 0 saturated carbocycles. The largest absolute Gasteiger partial charge is 0.489 e. The summed E-state index contributed by atoms with van der Waals surface area (Å²) in [5.41, 5.74) is 1.17. The van der Waals surface area contributed by atoms with Gasteiger partial charge in [0.25, 0.3) is 0 Å². The number of thiophene rings is 1. The van der Waals surface area contributed by atoms with Crippen molar-refractivity contribution in [1.29, 1.82) is 0 Å². The lowest BCUT2D eigenvalue weighted by molar-refractivity contribution is 0.307. The minimum Gasteiger partial charge on any atom is -0.489 e. The summed E-state index contributed by atoms with van der Waals surface area (Å²) in [7, 11) is 1.91. The lowest BCUT2D eigenvalue weighted by Gasteiger charge is -2.06. The maximum absolute atomic E-state index is 5.80. The zero-order chi connectivity index (χ0) is 11.4. The first-order chi connectivity index (χ1) is 7.79. The van der Waals surface area contributed by atoms with E-state index in [1.165, 1.54) is 5.56 Å². The van der Waals surface area contributed by atoms with Crippen LogP contribution in [-0.2, 0) is 6.61 Å². The molecule has 0 aliphatic rings. The Morgan fingerprint density at radius 3 is 2.69 bits per heavy atom. The van der Waals surface area contributed by atoms with Gasteiger partial charge in [0.05, 0.1) is 5.00 Å². The molecular formula is C12H12ClNOS. The zero-order valence-corrected chi connectivity index (χ0v) is 10.4. The zero-order valence-electron chi connectivity index (χ0n) is 8.87. The van der Waals surface area contributed by atoms with Crippen molar-refractivity contribution in [2.75, 3.05) is 12.4 Å². The minimum absolute atomic E-state index is 0.571. The van der Waals surface area contributed by atoms with Crippen LogP contribution in [0.3, 0.4) is 0 Å². The van der Waals surface area contributed by atoms with Crippen LogP contribution in [0.4, 0.5) is 5.00 Å². The third-order valence-corrected chi connectivity index (χ3v) is 3.41. The molecule has 1 aromatic carbocycles. The molecule has 2 nitrogen and oxygen atoms in total.